The maximum atomic E-state index is 13.6. The number of primary sulfonamides is 1. The highest BCUT2D eigenvalue weighted by Crippen LogP contribution is 2.30. The molecule has 0 bridgehead atoms. The van der Waals surface area contributed by atoms with Crippen LogP contribution in [0, 0.1) is 11.6 Å². The van der Waals surface area contributed by atoms with Gasteiger partial charge in [0.2, 0.25) is 10.0 Å². The second-order valence-electron chi connectivity index (χ2n) is 4.76. The number of piperidine rings is 1. The van der Waals surface area contributed by atoms with Crippen molar-refractivity contribution in [2.45, 2.75) is 24.2 Å². The Morgan fingerprint density at radius 2 is 1.81 bits per heavy atom. The lowest BCUT2D eigenvalue weighted by Gasteiger charge is -2.27. The van der Waals surface area contributed by atoms with Crippen LogP contribution in [0.4, 0.5) is 8.78 Å². The summed E-state index contributed by atoms with van der Waals surface area (Å²) in [5.41, 5.74) is -0.401. The van der Waals surface area contributed by atoms with Gasteiger partial charge in [0, 0.05) is 13.1 Å². The average molecular weight is 339 g/mol. The van der Waals surface area contributed by atoms with Crippen LogP contribution in [-0.4, -0.2) is 32.3 Å². The number of amides is 1. The van der Waals surface area contributed by atoms with E-state index < -0.39 is 43.0 Å². The van der Waals surface area contributed by atoms with Gasteiger partial charge in [-0.15, -0.1) is 0 Å². The van der Waals surface area contributed by atoms with E-state index in [2.05, 4.69) is 0 Å². The van der Waals surface area contributed by atoms with Crippen LogP contribution >= 0.6 is 11.6 Å². The van der Waals surface area contributed by atoms with E-state index in [0.717, 1.165) is 19.3 Å². The molecule has 2 N–H and O–H groups in total. The smallest absolute Gasteiger partial charge is 0.255 e. The second-order valence-corrected chi connectivity index (χ2v) is 6.64. The number of hydrogen-bond donors (Lipinski definition) is 1. The van der Waals surface area contributed by atoms with Gasteiger partial charge in [0.15, 0.2) is 11.6 Å². The summed E-state index contributed by atoms with van der Waals surface area (Å²) in [6.45, 7) is 0.914. The SMILES string of the molecule is NS(=O)(=O)c1c(F)c(F)cc(C(=O)N2CCCCC2)c1Cl. The minimum Gasteiger partial charge on any atom is -0.339 e. The summed E-state index contributed by atoms with van der Waals surface area (Å²) < 4.78 is 49.8. The normalized spacial score (nSPS) is 16.1. The molecule has 9 heteroatoms. The molecule has 1 aromatic carbocycles. The molecule has 0 aliphatic carbocycles. The highest BCUT2D eigenvalue weighted by Gasteiger charge is 2.30. The van der Waals surface area contributed by atoms with E-state index in [-0.39, 0.29) is 0 Å². The molecule has 1 heterocycles. The summed E-state index contributed by atoms with van der Waals surface area (Å²) in [6, 6.07) is 0.600. The summed E-state index contributed by atoms with van der Waals surface area (Å²) in [4.78, 5) is 12.5. The summed E-state index contributed by atoms with van der Waals surface area (Å²) in [7, 11) is -4.59. The molecule has 1 saturated heterocycles. The Balaban J connectivity index is 2.55. The van der Waals surface area contributed by atoms with E-state index in [9.17, 15) is 22.0 Å². The minimum atomic E-state index is -4.59. The Morgan fingerprint density at radius 1 is 1.24 bits per heavy atom. The van der Waals surface area contributed by atoms with Crippen molar-refractivity contribution in [3.8, 4) is 0 Å². The molecule has 0 atom stereocenters. The number of sulfonamides is 1. The molecular weight excluding hydrogens is 326 g/mol. The molecule has 0 radical (unpaired) electrons. The highest BCUT2D eigenvalue weighted by molar-refractivity contribution is 7.89. The zero-order valence-corrected chi connectivity index (χ0v) is 12.5. The topological polar surface area (TPSA) is 80.5 Å². The standard InChI is InChI=1S/C12H13ClF2N2O3S/c13-9-7(12(18)17-4-2-1-3-5-17)6-8(14)10(15)11(9)21(16,19)20/h6H,1-5H2,(H2,16,19,20). The lowest BCUT2D eigenvalue weighted by atomic mass is 10.1. The average Bonchev–Trinajstić information content (AvgIpc) is 2.42. The third-order valence-corrected chi connectivity index (χ3v) is 4.73. The number of carbonyl (C=O) groups excluding carboxylic acids is 1. The van der Waals surface area contributed by atoms with Crippen molar-refractivity contribution in [2.24, 2.45) is 5.14 Å². The summed E-state index contributed by atoms with van der Waals surface area (Å²) in [5.74, 6) is -3.80. The van der Waals surface area contributed by atoms with Crippen molar-refractivity contribution in [3.63, 3.8) is 0 Å². The molecule has 116 valence electrons. The fraction of sp³-hybridized carbons (Fsp3) is 0.417. The number of hydrogen-bond acceptors (Lipinski definition) is 3. The van der Waals surface area contributed by atoms with Crippen molar-refractivity contribution in [3.05, 3.63) is 28.3 Å². The Labute approximate surface area is 125 Å². The van der Waals surface area contributed by atoms with E-state index in [0.29, 0.717) is 19.2 Å². The molecular formula is C12H13ClF2N2O3S. The Kier molecular flexibility index (Phi) is 4.50. The van der Waals surface area contributed by atoms with E-state index in [1.54, 1.807) is 0 Å². The van der Waals surface area contributed by atoms with Gasteiger partial charge in [0.05, 0.1) is 10.6 Å². The van der Waals surface area contributed by atoms with Crippen molar-refractivity contribution < 1.29 is 22.0 Å². The molecule has 0 saturated carbocycles. The number of likely N-dealkylation sites (tertiary alicyclic amines) is 1. The molecule has 0 spiro atoms. The maximum Gasteiger partial charge on any atom is 0.255 e. The molecule has 1 aliphatic heterocycles. The van der Waals surface area contributed by atoms with Crippen LogP contribution in [0.25, 0.3) is 0 Å². The van der Waals surface area contributed by atoms with Gasteiger partial charge in [-0.3, -0.25) is 4.79 Å². The summed E-state index contributed by atoms with van der Waals surface area (Å²) >= 11 is 5.77. The maximum absolute atomic E-state index is 13.6. The fourth-order valence-corrected chi connectivity index (χ4v) is 3.50. The van der Waals surface area contributed by atoms with Crippen molar-refractivity contribution in [2.75, 3.05) is 13.1 Å². The van der Waals surface area contributed by atoms with Gasteiger partial charge in [-0.25, -0.2) is 22.3 Å². The molecule has 1 fully saturated rings. The van der Waals surface area contributed by atoms with Crippen molar-refractivity contribution in [1.82, 2.24) is 4.90 Å². The first-order valence-electron chi connectivity index (χ1n) is 6.23. The lowest BCUT2D eigenvalue weighted by molar-refractivity contribution is 0.0723. The van der Waals surface area contributed by atoms with Crippen LogP contribution in [0.3, 0.4) is 0 Å². The number of halogens is 3. The second kappa shape index (κ2) is 5.86. The Morgan fingerprint density at radius 3 is 2.33 bits per heavy atom. The van der Waals surface area contributed by atoms with Gasteiger partial charge in [0.25, 0.3) is 5.91 Å². The molecule has 1 aromatic rings. The van der Waals surface area contributed by atoms with Crippen LogP contribution in [0.15, 0.2) is 11.0 Å². The molecule has 0 unspecified atom stereocenters. The first kappa shape index (κ1) is 16.1. The van der Waals surface area contributed by atoms with Gasteiger partial charge in [-0.2, -0.15) is 0 Å². The Bertz CT molecular complexity index is 688. The highest BCUT2D eigenvalue weighted by atomic mass is 35.5. The number of rotatable bonds is 2. The third kappa shape index (κ3) is 3.17. The van der Waals surface area contributed by atoms with E-state index in [1.807, 2.05) is 0 Å². The molecule has 1 amide bonds. The largest absolute Gasteiger partial charge is 0.339 e. The quantitative estimate of drug-likeness (QED) is 0.836. The monoisotopic (exact) mass is 338 g/mol. The molecule has 0 aromatic heterocycles. The van der Waals surface area contributed by atoms with E-state index in [1.165, 1.54) is 4.90 Å². The van der Waals surface area contributed by atoms with Crippen LogP contribution in [0.1, 0.15) is 29.6 Å². The van der Waals surface area contributed by atoms with Gasteiger partial charge >= 0.3 is 0 Å². The summed E-state index contributed by atoms with van der Waals surface area (Å²) in [6.07, 6.45) is 2.54. The number of nitrogens with zero attached hydrogens (tertiary/aromatic N) is 1. The molecule has 1 aliphatic rings. The predicted molar refractivity (Wildman–Crippen MR) is 72.5 cm³/mol. The number of benzene rings is 1. The zero-order valence-electron chi connectivity index (χ0n) is 10.9. The first-order chi connectivity index (χ1) is 9.73. The lowest BCUT2D eigenvalue weighted by Crippen LogP contribution is -2.36. The first-order valence-corrected chi connectivity index (χ1v) is 8.15. The molecule has 21 heavy (non-hydrogen) atoms. The number of carbonyl (C=O) groups is 1. The van der Waals surface area contributed by atoms with Crippen LogP contribution in [-0.2, 0) is 10.0 Å². The van der Waals surface area contributed by atoms with Crippen molar-refractivity contribution >= 4 is 27.5 Å². The van der Waals surface area contributed by atoms with Gasteiger partial charge < -0.3 is 4.90 Å². The summed E-state index contributed by atoms with van der Waals surface area (Å²) in [5, 5.41) is 4.14. The van der Waals surface area contributed by atoms with Crippen molar-refractivity contribution in [1.29, 1.82) is 0 Å². The van der Waals surface area contributed by atoms with Crippen LogP contribution in [0.2, 0.25) is 5.02 Å². The van der Waals surface area contributed by atoms with E-state index >= 15 is 0 Å². The van der Waals surface area contributed by atoms with Gasteiger partial charge in [-0.1, -0.05) is 11.6 Å². The molecule has 5 nitrogen and oxygen atoms in total. The van der Waals surface area contributed by atoms with Crippen LogP contribution < -0.4 is 5.14 Å². The Hall–Kier alpha value is -1.25. The zero-order chi connectivity index (χ0) is 15.8. The fourth-order valence-electron chi connectivity index (χ4n) is 2.25. The van der Waals surface area contributed by atoms with Crippen LogP contribution in [0.5, 0.6) is 0 Å². The van der Waals surface area contributed by atoms with Gasteiger partial charge in [-0.05, 0) is 25.3 Å². The van der Waals surface area contributed by atoms with E-state index in [4.69, 9.17) is 16.7 Å². The van der Waals surface area contributed by atoms with Gasteiger partial charge in [0.1, 0.15) is 4.90 Å². The third-order valence-electron chi connectivity index (χ3n) is 3.27. The minimum absolute atomic E-state index is 0.401. The number of nitrogens with two attached hydrogens (primary N) is 1. The predicted octanol–water partition coefficient (Wildman–Crippen LogP) is 1.89. The molecule has 2 rings (SSSR count).